The van der Waals surface area contributed by atoms with Crippen molar-refractivity contribution in [3.63, 3.8) is 0 Å². The van der Waals surface area contributed by atoms with Crippen LogP contribution in [0.2, 0.25) is 0 Å². The first-order chi connectivity index (χ1) is 8.13. The Morgan fingerprint density at radius 1 is 1.53 bits per heavy atom. The second-order valence-electron chi connectivity index (χ2n) is 4.22. The van der Waals surface area contributed by atoms with Gasteiger partial charge >= 0.3 is 6.03 Å². The maximum Gasteiger partial charge on any atom is 0.317 e. The first kappa shape index (κ1) is 13.5. The molecule has 17 heavy (non-hydrogen) atoms. The van der Waals surface area contributed by atoms with Gasteiger partial charge in [0.2, 0.25) is 0 Å². The zero-order valence-electron chi connectivity index (χ0n) is 10.8. The lowest BCUT2D eigenvalue weighted by Crippen LogP contribution is -2.37. The Hall–Kier alpha value is -1.52. The number of carbonyl (C=O) groups excluding carboxylic acids is 1. The van der Waals surface area contributed by atoms with Gasteiger partial charge in [0.25, 0.3) is 0 Å². The van der Waals surface area contributed by atoms with Crippen molar-refractivity contribution in [1.82, 2.24) is 15.4 Å². The largest absolute Gasteiger partial charge is 0.361 e. The topological polar surface area (TPSA) is 58.4 Å². The Labute approximate surface area is 102 Å². The predicted molar refractivity (Wildman–Crippen MR) is 65.6 cm³/mol. The van der Waals surface area contributed by atoms with Gasteiger partial charge in [-0.3, -0.25) is 0 Å². The monoisotopic (exact) mass is 239 g/mol. The standard InChI is InChI=1S/C12H21N3O2/c1-4-5-6-7-13-12(16)15(3)9-11-8-10(2)17-14-11/h8H,4-7,9H2,1-3H3,(H,13,16). The van der Waals surface area contributed by atoms with Gasteiger partial charge in [-0.1, -0.05) is 24.9 Å². The molecular formula is C12H21N3O2. The van der Waals surface area contributed by atoms with E-state index in [-0.39, 0.29) is 6.03 Å². The van der Waals surface area contributed by atoms with E-state index in [0.717, 1.165) is 37.3 Å². The minimum Gasteiger partial charge on any atom is -0.361 e. The number of aryl methyl sites for hydroxylation is 1. The van der Waals surface area contributed by atoms with Crippen molar-refractivity contribution in [2.24, 2.45) is 0 Å². The van der Waals surface area contributed by atoms with Crippen LogP contribution in [0.15, 0.2) is 10.6 Å². The van der Waals surface area contributed by atoms with Crippen LogP contribution >= 0.6 is 0 Å². The van der Waals surface area contributed by atoms with E-state index in [4.69, 9.17) is 4.52 Å². The van der Waals surface area contributed by atoms with E-state index in [0.29, 0.717) is 6.54 Å². The van der Waals surface area contributed by atoms with Crippen LogP contribution in [0.1, 0.15) is 37.6 Å². The minimum atomic E-state index is -0.0678. The van der Waals surface area contributed by atoms with Crippen LogP contribution in [0.4, 0.5) is 4.79 Å². The number of nitrogens with zero attached hydrogens (tertiary/aromatic N) is 2. The lowest BCUT2D eigenvalue weighted by Gasteiger charge is -2.16. The summed E-state index contributed by atoms with van der Waals surface area (Å²) in [4.78, 5) is 13.3. The number of amides is 2. The highest BCUT2D eigenvalue weighted by atomic mass is 16.5. The normalized spacial score (nSPS) is 10.3. The zero-order chi connectivity index (χ0) is 12.7. The maximum absolute atomic E-state index is 11.7. The van der Waals surface area contributed by atoms with Crippen LogP contribution in [0.5, 0.6) is 0 Å². The van der Waals surface area contributed by atoms with Gasteiger partial charge in [-0.25, -0.2) is 4.79 Å². The Kier molecular flexibility index (Phi) is 5.52. The van der Waals surface area contributed by atoms with E-state index in [1.807, 2.05) is 13.0 Å². The van der Waals surface area contributed by atoms with Gasteiger partial charge in [-0.2, -0.15) is 0 Å². The first-order valence-corrected chi connectivity index (χ1v) is 6.04. The predicted octanol–water partition coefficient (Wildman–Crippen LogP) is 2.31. The molecular weight excluding hydrogens is 218 g/mol. The van der Waals surface area contributed by atoms with Crippen LogP contribution in [0.3, 0.4) is 0 Å². The number of aromatic nitrogens is 1. The molecule has 0 saturated carbocycles. The number of nitrogens with one attached hydrogen (secondary N) is 1. The molecule has 5 nitrogen and oxygen atoms in total. The summed E-state index contributed by atoms with van der Waals surface area (Å²) in [5.74, 6) is 0.761. The van der Waals surface area contributed by atoms with E-state index in [1.54, 1.807) is 11.9 Å². The highest BCUT2D eigenvalue weighted by molar-refractivity contribution is 5.73. The Morgan fingerprint density at radius 2 is 2.29 bits per heavy atom. The van der Waals surface area contributed by atoms with Gasteiger partial charge in [0.05, 0.1) is 6.54 Å². The fourth-order valence-electron chi connectivity index (χ4n) is 1.51. The molecule has 1 N–H and O–H groups in total. The number of urea groups is 1. The summed E-state index contributed by atoms with van der Waals surface area (Å²) in [6.45, 7) is 5.17. The second-order valence-corrected chi connectivity index (χ2v) is 4.22. The second kappa shape index (κ2) is 6.93. The summed E-state index contributed by atoms with van der Waals surface area (Å²) in [5, 5.41) is 6.72. The van der Waals surface area contributed by atoms with E-state index >= 15 is 0 Å². The Morgan fingerprint density at radius 3 is 2.88 bits per heavy atom. The molecule has 0 aliphatic carbocycles. The fourth-order valence-corrected chi connectivity index (χ4v) is 1.51. The molecule has 2 amide bonds. The fraction of sp³-hybridized carbons (Fsp3) is 0.667. The third-order valence-electron chi connectivity index (χ3n) is 2.48. The van der Waals surface area contributed by atoms with Crippen molar-refractivity contribution in [2.75, 3.05) is 13.6 Å². The van der Waals surface area contributed by atoms with E-state index < -0.39 is 0 Å². The minimum absolute atomic E-state index is 0.0678. The molecule has 0 saturated heterocycles. The van der Waals surface area contributed by atoms with Crippen molar-refractivity contribution >= 4 is 6.03 Å². The molecule has 0 aliphatic rings. The number of carbonyl (C=O) groups is 1. The highest BCUT2D eigenvalue weighted by Crippen LogP contribution is 2.04. The summed E-state index contributed by atoms with van der Waals surface area (Å²) in [6.07, 6.45) is 3.33. The number of rotatable bonds is 6. The molecule has 0 aliphatic heterocycles. The Bertz CT molecular complexity index is 349. The first-order valence-electron chi connectivity index (χ1n) is 6.04. The molecule has 0 fully saturated rings. The van der Waals surface area contributed by atoms with Gasteiger partial charge in [0, 0.05) is 19.7 Å². The van der Waals surface area contributed by atoms with Crippen LogP contribution in [0.25, 0.3) is 0 Å². The average molecular weight is 239 g/mol. The molecule has 0 radical (unpaired) electrons. The van der Waals surface area contributed by atoms with Gasteiger partial charge in [-0.15, -0.1) is 0 Å². The summed E-state index contributed by atoms with van der Waals surface area (Å²) in [6, 6.07) is 1.77. The molecule has 96 valence electrons. The molecule has 0 atom stereocenters. The summed E-state index contributed by atoms with van der Waals surface area (Å²) in [7, 11) is 1.75. The molecule has 5 heteroatoms. The maximum atomic E-state index is 11.7. The van der Waals surface area contributed by atoms with Crippen LogP contribution < -0.4 is 5.32 Å². The zero-order valence-corrected chi connectivity index (χ0v) is 10.8. The Balaban J connectivity index is 2.27. The molecule has 1 aromatic rings. The van der Waals surface area contributed by atoms with Gasteiger partial charge in [-0.05, 0) is 13.3 Å². The number of unbranched alkanes of at least 4 members (excludes halogenated alkanes) is 2. The van der Waals surface area contributed by atoms with Gasteiger partial charge < -0.3 is 14.7 Å². The molecule has 0 unspecified atom stereocenters. The number of hydrogen-bond acceptors (Lipinski definition) is 3. The molecule has 0 spiro atoms. The quantitative estimate of drug-likeness (QED) is 0.775. The lowest BCUT2D eigenvalue weighted by atomic mass is 10.2. The SMILES string of the molecule is CCCCCNC(=O)N(C)Cc1cc(C)on1. The van der Waals surface area contributed by atoms with Crippen molar-refractivity contribution in [1.29, 1.82) is 0 Å². The van der Waals surface area contributed by atoms with Gasteiger partial charge in [0.15, 0.2) is 0 Å². The molecule has 1 rings (SSSR count). The third-order valence-corrected chi connectivity index (χ3v) is 2.48. The summed E-state index contributed by atoms with van der Waals surface area (Å²) < 4.78 is 4.95. The van der Waals surface area contributed by atoms with Crippen LogP contribution in [-0.2, 0) is 6.54 Å². The molecule has 1 aromatic heterocycles. The lowest BCUT2D eigenvalue weighted by molar-refractivity contribution is 0.205. The third kappa shape index (κ3) is 4.89. The van der Waals surface area contributed by atoms with Crippen LogP contribution in [-0.4, -0.2) is 29.7 Å². The van der Waals surface area contributed by atoms with E-state index in [2.05, 4.69) is 17.4 Å². The summed E-state index contributed by atoms with van der Waals surface area (Å²) >= 11 is 0. The highest BCUT2D eigenvalue weighted by Gasteiger charge is 2.10. The van der Waals surface area contributed by atoms with Gasteiger partial charge in [0.1, 0.15) is 11.5 Å². The van der Waals surface area contributed by atoms with Crippen molar-refractivity contribution in [3.8, 4) is 0 Å². The molecule has 0 aromatic carbocycles. The summed E-state index contributed by atoms with van der Waals surface area (Å²) in [5.41, 5.74) is 0.772. The number of hydrogen-bond donors (Lipinski definition) is 1. The van der Waals surface area contributed by atoms with E-state index in [1.165, 1.54) is 0 Å². The van der Waals surface area contributed by atoms with E-state index in [9.17, 15) is 4.79 Å². The molecule has 1 heterocycles. The average Bonchev–Trinajstić information content (AvgIpc) is 2.70. The van der Waals surface area contributed by atoms with Crippen molar-refractivity contribution < 1.29 is 9.32 Å². The van der Waals surface area contributed by atoms with Crippen molar-refractivity contribution in [2.45, 2.75) is 39.7 Å². The smallest absolute Gasteiger partial charge is 0.317 e. The molecule has 0 bridgehead atoms. The van der Waals surface area contributed by atoms with Crippen molar-refractivity contribution in [3.05, 3.63) is 17.5 Å². The van der Waals surface area contributed by atoms with Crippen LogP contribution in [0, 0.1) is 6.92 Å².